The zero-order valence-electron chi connectivity index (χ0n) is 22.0. The molecular weight excluding hydrogens is 462 g/mol. The lowest BCUT2D eigenvalue weighted by Crippen LogP contribution is -2.56. The van der Waals surface area contributed by atoms with Crippen LogP contribution in [0.2, 0.25) is 0 Å². The van der Waals surface area contributed by atoms with Crippen molar-refractivity contribution < 1.29 is 18.0 Å². The minimum atomic E-state index is -3.75. The molecule has 35 heavy (non-hydrogen) atoms. The van der Waals surface area contributed by atoms with Crippen molar-refractivity contribution in [3.63, 3.8) is 0 Å². The molecule has 192 valence electrons. The highest BCUT2D eigenvalue weighted by Gasteiger charge is 2.33. The third-order valence-electron chi connectivity index (χ3n) is 5.67. The predicted molar refractivity (Wildman–Crippen MR) is 142 cm³/mol. The van der Waals surface area contributed by atoms with Gasteiger partial charge in [0.1, 0.15) is 12.6 Å². The number of nitrogens with one attached hydrogen (secondary N) is 1. The van der Waals surface area contributed by atoms with Crippen LogP contribution < -0.4 is 9.62 Å². The van der Waals surface area contributed by atoms with Crippen LogP contribution in [0.4, 0.5) is 5.69 Å². The summed E-state index contributed by atoms with van der Waals surface area (Å²) in [6.07, 6.45) is 2.05. The molecule has 0 aliphatic carbocycles. The second-order valence-electron chi connectivity index (χ2n) is 10.0. The number of carbonyl (C=O) groups excluding carboxylic acids is 2. The van der Waals surface area contributed by atoms with Gasteiger partial charge >= 0.3 is 0 Å². The summed E-state index contributed by atoms with van der Waals surface area (Å²) in [4.78, 5) is 28.4. The van der Waals surface area contributed by atoms with E-state index in [1.807, 2.05) is 84.0 Å². The van der Waals surface area contributed by atoms with Crippen LogP contribution in [0.3, 0.4) is 0 Å². The average Bonchev–Trinajstić information content (AvgIpc) is 2.74. The predicted octanol–water partition coefficient (Wildman–Crippen LogP) is 3.83. The number of rotatable bonds is 10. The fourth-order valence-corrected chi connectivity index (χ4v) is 4.94. The first-order valence-electron chi connectivity index (χ1n) is 11.9. The number of anilines is 1. The lowest BCUT2D eigenvalue weighted by atomic mass is 10.1. The van der Waals surface area contributed by atoms with Gasteiger partial charge in [-0.25, -0.2) is 8.42 Å². The molecule has 0 aliphatic heterocycles. The molecule has 0 aromatic heterocycles. The topological polar surface area (TPSA) is 86.8 Å². The Kier molecular flexibility index (Phi) is 9.49. The van der Waals surface area contributed by atoms with E-state index in [9.17, 15) is 18.0 Å². The third kappa shape index (κ3) is 8.38. The van der Waals surface area contributed by atoms with Crippen molar-refractivity contribution >= 4 is 27.5 Å². The Bertz CT molecular complexity index is 1120. The van der Waals surface area contributed by atoms with E-state index in [1.54, 1.807) is 6.07 Å². The molecule has 2 aromatic carbocycles. The largest absolute Gasteiger partial charge is 0.350 e. The number of hydrogen-bond acceptors (Lipinski definition) is 4. The van der Waals surface area contributed by atoms with E-state index in [1.165, 1.54) is 4.90 Å². The summed E-state index contributed by atoms with van der Waals surface area (Å²) in [6, 6.07) is 14.4. The molecule has 2 aromatic rings. The van der Waals surface area contributed by atoms with Gasteiger partial charge in [-0.2, -0.15) is 0 Å². The average molecular weight is 502 g/mol. The molecule has 2 amide bonds. The number of carbonyl (C=O) groups is 2. The Hall–Kier alpha value is -2.87. The Morgan fingerprint density at radius 1 is 1.03 bits per heavy atom. The van der Waals surface area contributed by atoms with Gasteiger partial charge in [-0.3, -0.25) is 13.9 Å². The number of sulfonamides is 1. The third-order valence-corrected chi connectivity index (χ3v) is 6.79. The van der Waals surface area contributed by atoms with Crippen molar-refractivity contribution in [2.75, 3.05) is 23.7 Å². The van der Waals surface area contributed by atoms with Gasteiger partial charge in [0.25, 0.3) is 0 Å². The molecule has 0 unspecified atom stereocenters. The maximum atomic E-state index is 13.7. The van der Waals surface area contributed by atoms with Crippen LogP contribution in [0, 0.1) is 13.8 Å². The zero-order chi connectivity index (χ0) is 26.4. The highest BCUT2D eigenvalue weighted by Crippen LogP contribution is 2.24. The van der Waals surface area contributed by atoms with Crippen LogP contribution in [0.5, 0.6) is 0 Å². The Balaban J connectivity index is 2.41. The molecule has 0 heterocycles. The van der Waals surface area contributed by atoms with Crippen LogP contribution in [-0.4, -0.2) is 56.1 Å². The minimum Gasteiger partial charge on any atom is -0.350 e. The summed E-state index contributed by atoms with van der Waals surface area (Å²) in [7, 11) is -3.75. The molecule has 8 heteroatoms. The molecule has 0 aliphatic rings. The van der Waals surface area contributed by atoms with Crippen LogP contribution in [0.15, 0.2) is 48.5 Å². The van der Waals surface area contributed by atoms with Crippen molar-refractivity contribution in [2.45, 2.75) is 66.0 Å². The molecule has 0 saturated carbocycles. The molecule has 0 fully saturated rings. The van der Waals surface area contributed by atoms with Crippen molar-refractivity contribution in [3.05, 3.63) is 65.2 Å². The van der Waals surface area contributed by atoms with Gasteiger partial charge in [0, 0.05) is 12.1 Å². The SMILES string of the molecule is CC[C@H](C(=O)NC(C)(C)C)N(CCc1ccccc1)C(=O)CN(c1ccc(C)cc1C)S(C)(=O)=O. The van der Waals surface area contributed by atoms with Gasteiger partial charge in [0.15, 0.2) is 0 Å². The zero-order valence-corrected chi connectivity index (χ0v) is 22.8. The van der Waals surface area contributed by atoms with Crippen molar-refractivity contribution in [3.8, 4) is 0 Å². The van der Waals surface area contributed by atoms with Crippen LogP contribution in [0.25, 0.3) is 0 Å². The molecular formula is C27H39N3O4S. The summed E-state index contributed by atoms with van der Waals surface area (Å²) >= 11 is 0. The summed E-state index contributed by atoms with van der Waals surface area (Å²) in [5, 5.41) is 2.97. The lowest BCUT2D eigenvalue weighted by molar-refractivity contribution is -0.140. The maximum Gasteiger partial charge on any atom is 0.244 e. The summed E-state index contributed by atoms with van der Waals surface area (Å²) in [5.74, 6) is -0.666. The molecule has 7 nitrogen and oxygen atoms in total. The fourth-order valence-electron chi connectivity index (χ4n) is 4.03. The molecule has 0 saturated heterocycles. The number of aryl methyl sites for hydroxylation is 2. The maximum absolute atomic E-state index is 13.7. The normalized spacial score (nSPS) is 12.7. The standard InChI is InChI=1S/C27H39N3O4S/c1-8-23(26(32)28-27(4,5)6)29(17-16-22-12-10-9-11-13-22)25(31)19-30(35(7,33)34)24-15-14-20(2)18-21(24)3/h9-15,18,23H,8,16-17,19H2,1-7H3,(H,28,32)/t23-/m1/s1. The first-order valence-corrected chi connectivity index (χ1v) is 13.8. The van der Waals surface area contributed by atoms with Crippen LogP contribution in [0.1, 0.15) is 50.8 Å². The Morgan fingerprint density at radius 2 is 1.66 bits per heavy atom. The monoisotopic (exact) mass is 501 g/mol. The van der Waals surface area contributed by atoms with E-state index in [0.29, 0.717) is 25.1 Å². The first-order chi connectivity index (χ1) is 16.2. The Labute approximate surface area is 210 Å². The van der Waals surface area contributed by atoms with Gasteiger partial charge < -0.3 is 10.2 Å². The van der Waals surface area contributed by atoms with Gasteiger partial charge in [0.05, 0.1) is 11.9 Å². The van der Waals surface area contributed by atoms with E-state index in [4.69, 9.17) is 0 Å². The smallest absolute Gasteiger partial charge is 0.244 e. The quantitative estimate of drug-likeness (QED) is 0.536. The molecule has 1 N–H and O–H groups in total. The van der Waals surface area contributed by atoms with Gasteiger partial charge in [-0.15, -0.1) is 0 Å². The number of amides is 2. The molecule has 1 atom stereocenters. The molecule has 0 bridgehead atoms. The van der Waals surface area contributed by atoms with Gasteiger partial charge in [0.2, 0.25) is 21.8 Å². The fraction of sp³-hybridized carbons (Fsp3) is 0.481. The number of benzene rings is 2. The highest BCUT2D eigenvalue weighted by molar-refractivity contribution is 7.92. The van der Waals surface area contributed by atoms with Gasteiger partial charge in [-0.1, -0.05) is 55.0 Å². The van der Waals surface area contributed by atoms with E-state index in [-0.39, 0.29) is 12.5 Å². The highest BCUT2D eigenvalue weighted by atomic mass is 32.2. The van der Waals surface area contributed by atoms with Gasteiger partial charge in [-0.05, 0) is 64.7 Å². The summed E-state index contributed by atoms with van der Waals surface area (Å²) < 4.78 is 26.6. The second kappa shape index (κ2) is 11.7. The second-order valence-corrected chi connectivity index (χ2v) is 12.0. The lowest BCUT2D eigenvalue weighted by Gasteiger charge is -2.34. The summed E-state index contributed by atoms with van der Waals surface area (Å²) in [5.41, 5.74) is 2.79. The molecule has 0 radical (unpaired) electrons. The Morgan fingerprint density at radius 3 is 2.17 bits per heavy atom. The first kappa shape index (κ1) is 28.4. The minimum absolute atomic E-state index is 0.251. The van der Waals surface area contributed by atoms with E-state index in [2.05, 4.69) is 5.32 Å². The molecule has 0 spiro atoms. The molecule has 2 rings (SSSR count). The number of nitrogens with zero attached hydrogens (tertiary/aromatic N) is 2. The van der Waals surface area contributed by atoms with Crippen LogP contribution >= 0.6 is 0 Å². The van der Waals surface area contributed by atoms with Crippen LogP contribution in [-0.2, 0) is 26.0 Å². The van der Waals surface area contributed by atoms with Crippen molar-refractivity contribution in [1.29, 1.82) is 0 Å². The van der Waals surface area contributed by atoms with Crippen molar-refractivity contribution in [1.82, 2.24) is 10.2 Å². The van der Waals surface area contributed by atoms with E-state index < -0.39 is 27.5 Å². The van der Waals surface area contributed by atoms with E-state index in [0.717, 1.165) is 27.3 Å². The number of hydrogen-bond donors (Lipinski definition) is 1. The van der Waals surface area contributed by atoms with Crippen molar-refractivity contribution in [2.24, 2.45) is 0 Å². The van der Waals surface area contributed by atoms with E-state index >= 15 is 0 Å². The summed E-state index contributed by atoms with van der Waals surface area (Å²) in [6.45, 7) is 11.2.